The minimum atomic E-state index is -3.67. The molecule has 4 fully saturated rings. The molecule has 1 heterocycles. The molecule has 9 nitrogen and oxygen atoms in total. The third-order valence-electron chi connectivity index (χ3n) is 7.06. The maximum Gasteiger partial charge on any atom is 0.240 e. The maximum atomic E-state index is 12.8. The molecule has 4 saturated carbocycles. The Balaban J connectivity index is 1.17. The van der Waals surface area contributed by atoms with Crippen molar-refractivity contribution < 1.29 is 17.9 Å². The van der Waals surface area contributed by atoms with E-state index in [4.69, 9.17) is 9.47 Å². The number of aromatic nitrogens is 4. The van der Waals surface area contributed by atoms with Gasteiger partial charge in [0.1, 0.15) is 17.8 Å². The standard InChI is InChI=1S/C21H29N5O4S/c1-29-20-4-3-18(10-19(20)26-14-22-24-25-26)31(27,28)23-5-2-6-30-21-11-15-7-16(12-21)9-17(8-15)13-21/h3-4,10,14-17,23H,2,5-9,11-13H2,1H3. The van der Waals surface area contributed by atoms with E-state index in [2.05, 4.69) is 20.2 Å². The van der Waals surface area contributed by atoms with Crippen LogP contribution in [0.25, 0.3) is 5.69 Å². The molecule has 6 rings (SSSR count). The Morgan fingerprint density at radius 2 is 1.87 bits per heavy atom. The second-order valence-electron chi connectivity index (χ2n) is 9.29. The molecule has 0 aliphatic heterocycles. The summed E-state index contributed by atoms with van der Waals surface area (Å²) < 4.78 is 41.3. The summed E-state index contributed by atoms with van der Waals surface area (Å²) >= 11 is 0. The van der Waals surface area contributed by atoms with E-state index in [1.165, 1.54) is 68.8 Å². The van der Waals surface area contributed by atoms with Gasteiger partial charge >= 0.3 is 0 Å². The highest BCUT2D eigenvalue weighted by Crippen LogP contribution is 2.57. The summed E-state index contributed by atoms with van der Waals surface area (Å²) in [4.78, 5) is 0.140. The van der Waals surface area contributed by atoms with Gasteiger partial charge in [0.25, 0.3) is 0 Å². The van der Waals surface area contributed by atoms with E-state index in [0.29, 0.717) is 31.0 Å². The average Bonchev–Trinajstić information content (AvgIpc) is 3.26. The number of nitrogens with one attached hydrogen (secondary N) is 1. The fraction of sp³-hybridized carbons (Fsp3) is 0.667. The second kappa shape index (κ2) is 8.14. The van der Waals surface area contributed by atoms with Crippen molar-refractivity contribution in [2.45, 2.75) is 55.4 Å². The van der Waals surface area contributed by atoms with Crippen molar-refractivity contribution in [1.29, 1.82) is 0 Å². The largest absolute Gasteiger partial charge is 0.494 e. The summed E-state index contributed by atoms with van der Waals surface area (Å²) in [5.41, 5.74) is 0.519. The van der Waals surface area contributed by atoms with Gasteiger partial charge in [0.05, 0.1) is 17.6 Å². The number of rotatable bonds is 9. The number of nitrogens with zero attached hydrogens (tertiary/aromatic N) is 4. The molecule has 4 aliphatic rings. The molecule has 1 aromatic carbocycles. The van der Waals surface area contributed by atoms with Gasteiger partial charge in [-0.1, -0.05) is 0 Å². The van der Waals surface area contributed by atoms with Crippen LogP contribution < -0.4 is 9.46 Å². The lowest BCUT2D eigenvalue weighted by molar-refractivity contribution is -0.162. The van der Waals surface area contributed by atoms with Crippen LogP contribution in [0.5, 0.6) is 5.75 Å². The number of hydrogen-bond donors (Lipinski definition) is 1. The molecule has 31 heavy (non-hydrogen) atoms. The average molecular weight is 448 g/mol. The van der Waals surface area contributed by atoms with Crippen LogP contribution in [0.4, 0.5) is 0 Å². The lowest BCUT2D eigenvalue weighted by atomic mass is 9.54. The highest BCUT2D eigenvalue weighted by Gasteiger charge is 2.51. The first-order valence-corrected chi connectivity index (χ1v) is 12.5. The van der Waals surface area contributed by atoms with Crippen LogP contribution in [0.3, 0.4) is 0 Å². The molecule has 4 aliphatic carbocycles. The smallest absolute Gasteiger partial charge is 0.240 e. The zero-order valence-electron chi connectivity index (χ0n) is 17.7. The van der Waals surface area contributed by atoms with Gasteiger partial charge in [0.2, 0.25) is 10.0 Å². The van der Waals surface area contributed by atoms with Crippen LogP contribution in [-0.2, 0) is 14.8 Å². The third-order valence-corrected chi connectivity index (χ3v) is 8.52. The van der Waals surface area contributed by atoms with Crippen molar-refractivity contribution in [2.24, 2.45) is 17.8 Å². The molecule has 1 N–H and O–H groups in total. The van der Waals surface area contributed by atoms with E-state index in [-0.39, 0.29) is 10.5 Å². The highest BCUT2D eigenvalue weighted by atomic mass is 32.2. The molecule has 0 unspecified atom stereocenters. The normalized spacial score (nSPS) is 29.4. The van der Waals surface area contributed by atoms with Gasteiger partial charge in [-0.2, -0.15) is 4.68 Å². The number of methoxy groups -OCH3 is 1. The lowest BCUT2D eigenvalue weighted by Gasteiger charge is -2.56. The fourth-order valence-electron chi connectivity index (χ4n) is 6.15. The molecule has 0 saturated heterocycles. The van der Waals surface area contributed by atoms with Crippen LogP contribution in [-0.4, -0.2) is 54.5 Å². The van der Waals surface area contributed by atoms with Crippen molar-refractivity contribution in [2.75, 3.05) is 20.3 Å². The quantitative estimate of drug-likeness (QED) is 0.588. The molecule has 0 atom stereocenters. The number of hydrogen-bond acceptors (Lipinski definition) is 7. The van der Waals surface area contributed by atoms with Crippen molar-refractivity contribution in [3.63, 3.8) is 0 Å². The maximum absolute atomic E-state index is 12.8. The van der Waals surface area contributed by atoms with Gasteiger partial charge in [-0.3, -0.25) is 0 Å². The van der Waals surface area contributed by atoms with Crippen molar-refractivity contribution in [3.8, 4) is 11.4 Å². The first-order chi connectivity index (χ1) is 15.0. The van der Waals surface area contributed by atoms with E-state index in [0.717, 1.165) is 17.8 Å². The summed E-state index contributed by atoms with van der Waals surface area (Å²) in [5.74, 6) is 3.01. The predicted molar refractivity (Wildman–Crippen MR) is 112 cm³/mol. The molecular formula is C21H29N5O4S. The summed E-state index contributed by atoms with van der Waals surface area (Å²) in [7, 11) is -2.15. The summed E-state index contributed by atoms with van der Waals surface area (Å²) in [5, 5.41) is 11.0. The molecule has 1 aromatic heterocycles. The van der Waals surface area contributed by atoms with E-state index < -0.39 is 10.0 Å². The molecule has 10 heteroatoms. The van der Waals surface area contributed by atoms with Crippen molar-refractivity contribution in [3.05, 3.63) is 24.5 Å². The van der Waals surface area contributed by atoms with E-state index in [9.17, 15) is 8.42 Å². The zero-order valence-corrected chi connectivity index (χ0v) is 18.6. The highest BCUT2D eigenvalue weighted by molar-refractivity contribution is 7.89. The minimum Gasteiger partial charge on any atom is -0.494 e. The Morgan fingerprint density at radius 3 is 2.48 bits per heavy atom. The van der Waals surface area contributed by atoms with Crippen molar-refractivity contribution >= 4 is 10.0 Å². The summed E-state index contributed by atoms with van der Waals surface area (Å²) in [6.07, 6.45) is 9.77. The zero-order chi connectivity index (χ0) is 21.5. The number of ether oxygens (including phenoxy) is 2. The lowest BCUT2D eigenvalue weighted by Crippen LogP contribution is -2.52. The first-order valence-electron chi connectivity index (χ1n) is 11.0. The molecule has 0 amide bonds. The topological polar surface area (TPSA) is 108 Å². The number of sulfonamides is 1. The second-order valence-corrected chi connectivity index (χ2v) is 11.1. The monoisotopic (exact) mass is 447 g/mol. The van der Waals surface area contributed by atoms with Gasteiger partial charge in [-0.25, -0.2) is 13.1 Å². The first kappa shape index (κ1) is 20.8. The fourth-order valence-corrected chi connectivity index (χ4v) is 7.24. The van der Waals surface area contributed by atoms with Gasteiger partial charge in [0.15, 0.2) is 0 Å². The summed E-state index contributed by atoms with van der Waals surface area (Å²) in [6, 6.07) is 4.62. The Hall–Kier alpha value is -2.04. The Bertz CT molecular complexity index is 989. The van der Waals surface area contributed by atoms with Crippen LogP contribution in [0.2, 0.25) is 0 Å². The van der Waals surface area contributed by atoms with Gasteiger partial charge in [-0.15, -0.1) is 5.10 Å². The van der Waals surface area contributed by atoms with Gasteiger partial charge in [0, 0.05) is 13.2 Å². The SMILES string of the molecule is COc1ccc(S(=O)(=O)NCCCOC23CC4CC(CC(C4)C2)C3)cc1-n1cnnn1. The number of benzene rings is 1. The Kier molecular flexibility index (Phi) is 5.47. The molecule has 168 valence electrons. The van der Waals surface area contributed by atoms with Crippen LogP contribution in [0.1, 0.15) is 44.9 Å². The van der Waals surface area contributed by atoms with E-state index in [1.54, 1.807) is 6.07 Å². The van der Waals surface area contributed by atoms with Crippen molar-refractivity contribution in [1.82, 2.24) is 24.9 Å². The molecular weight excluding hydrogens is 418 g/mol. The Labute approximate surface area is 182 Å². The van der Waals surface area contributed by atoms with Gasteiger partial charge in [-0.05, 0) is 91.3 Å². The van der Waals surface area contributed by atoms with Gasteiger partial charge < -0.3 is 9.47 Å². The molecule has 0 radical (unpaired) electrons. The van der Waals surface area contributed by atoms with Crippen LogP contribution in [0.15, 0.2) is 29.4 Å². The Morgan fingerprint density at radius 1 is 1.16 bits per heavy atom. The van der Waals surface area contributed by atoms with Crippen LogP contribution >= 0.6 is 0 Å². The number of tetrazole rings is 1. The minimum absolute atomic E-state index is 0.0599. The molecule has 2 aromatic rings. The summed E-state index contributed by atoms with van der Waals surface area (Å²) in [6.45, 7) is 0.925. The molecule has 0 spiro atoms. The van der Waals surface area contributed by atoms with Crippen LogP contribution in [0, 0.1) is 17.8 Å². The third kappa shape index (κ3) is 4.20. The molecule has 4 bridgehead atoms. The van der Waals surface area contributed by atoms with E-state index >= 15 is 0 Å². The van der Waals surface area contributed by atoms with E-state index in [1.807, 2.05) is 0 Å². The predicted octanol–water partition coefficient (Wildman–Crippen LogP) is 2.32.